The van der Waals surface area contributed by atoms with E-state index < -0.39 is 0 Å². The van der Waals surface area contributed by atoms with E-state index in [4.69, 9.17) is 4.74 Å². The predicted molar refractivity (Wildman–Crippen MR) is 119 cm³/mol. The molecule has 0 amide bonds. The van der Waals surface area contributed by atoms with Crippen LogP contribution in [0.4, 0.5) is 0 Å². The average Bonchev–Trinajstić information content (AvgIpc) is 3.57. The first-order valence-corrected chi connectivity index (χ1v) is 10.6. The summed E-state index contributed by atoms with van der Waals surface area (Å²) in [5.74, 6) is 1.66. The zero-order valence-corrected chi connectivity index (χ0v) is 17.1. The zero-order valence-electron chi connectivity index (χ0n) is 17.1. The van der Waals surface area contributed by atoms with Gasteiger partial charge in [-0.2, -0.15) is 5.10 Å². The molecule has 2 aromatic carbocycles. The second-order valence-electron chi connectivity index (χ2n) is 7.84. The van der Waals surface area contributed by atoms with Crippen molar-refractivity contribution < 1.29 is 4.74 Å². The Morgan fingerprint density at radius 1 is 0.900 bits per heavy atom. The van der Waals surface area contributed by atoms with Crippen molar-refractivity contribution in [1.29, 1.82) is 0 Å². The molecule has 150 valence electrons. The number of hydrogen-bond donors (Lipinski definition) is 1. The maximum absolute atomic E-state index is 6.02. The third kappa shape index (κ3) is 3.86. The highest BCUT2D eigenvalue weighted by atomic mass is 16.5. The summed E-state index contributed by atoms with van der Waals surface area (Å²) in [6.07, 6.45) is 7.16. The van der Waals surface area contributed by atoms with Gasteiger partial charge in [-0.1, -0.05) is 43.3 Å². The fourth-order valence-electron chi connectivity index (χ4n) is 3.85. The number of nitrogens with zero attached hydrogens (tertiary/aromatic N) is 2. The molecule has 0 saturated heterocycles. The van der Waals surface area contributed by atoms with Gasteiger partial charge in [-0.15, -0.1) is 0 Å². The fourth-order valence-corrected chi connectivity index (χ4v) is 3.85. The van der Waals surface area contributed by atoms with Crippen molar-refractivity contribution in [3.8, 4) is 28.1 Å². The van der Waals surface area contributed by atoms with Gasteiger partial charge in [-0.25, -0.2) is 0 Å². The van der Waals surface area contributed by atoms with Crippen LogP contribution in [0, 0.1) is 0 Å². The summed E-state index contributed by atoms with van der Waals surface area (Å²) in [7, 11) is 0. The molecular weight excluding hydrogens is 370 g/mol. The number of rotatable bonds is 7. The third-order valence-corrected chi connectivity index (χ3v) is 5.73. The Bertz CT molecular complexity index is 1110. The van der Waals surface area contributed by atoms with Crippen molar-refractivity contribution in [3.05, 3.63) is 89.9 Å². The first kappa shape index (κ1) is 18.6. The van der Waals surface area contributed by atoms with Gasteiger partial charge in [0, 0.05) is 29.2 Å². The molecule has 30 heavy (non-hydrogen) atoms. The van der Waals surface area contributed by atoms with E-state index in [1.807, 2.05) is 24.3 Å². The van der Waals surface area contributed by atoms with Gasteiger partial charge >= 0.3 is 0 Å². The number of hydrogen-bond acceptors (Lipinski definition) is 3. The lowest BCUT2D eigenvalue weighted by molar-refractivity contribution is 0.306. The van der Waals surface area contributed by atoms with E-state index in [1.54, 1.807) is 12.4 Å². The van der Waals surface area contributed by atoms with Crippen LogP contribution in [-0.4, -0.2) is 15.2 Å². The number of aryl methyl sites for hydroxylation is 1. The highest BCUT2D eigenvalue weighted by Gasteiger charge is 2.22. The Labute approximate surface area is 177 Å². The van der Waals surface area contributed by atoms with Crippen molar-refractivity contribution in [2.75, 3.05) is 0 Å². The first-order chi connectivity index (χ1) is 14.8. The molecule has 0 atom stereocenters. The second-order valence-corrected chi connectivity index (χ2v) is 7.84. The molecule has 0 bridgehead atoms. The van der Waals surface area contributed by atoms with Crippen molar-refractivity contribution in [2.24, 2.45) is 0 Å². The van der Waals surface area contributed by atoms with E-state index in [2.05, 4.69) is 58.5 Å². The monoisotopic (exact) mass is 395 g/mol. The smallest absolute Gasteiger partial charge is 0.119 e. The topological polar surface area (TPSA) is 50.8 Å². The lowest BCUT2D eigenvalue weighted by Gasteiger charge is -2.09. The number of H-pyrrole nitrogens is 1. The molecule has 1 aliphatic rings. The minimum Gasteiger partial charge on any atom is -0.489 e. The van der Waals surface area contributed by atoms with E-state index in [0.29, 0.717) is 6.61 Å². The average molecular weight is 396 g/mol. The number of benzene rings is 2. The summed E-state index contributed by atoms with van der Waals surface area (Å²) in [5.41, 5.74) is 8.08. The van der Waals surface area contributed by atoms with Crippen LogP contribution in [0.3, 0.4) is 0 Å². The summed E-state index contributed by atoms with van der Waals surface area (Å²) >= 11 is 0. The van der Waals surface area contributed by atoms with E-state index >= 15 is 0 Å². The summed E-state index contributed by atoms with van der Waals surface area (Å²) in [4.78, 5) is 4.12. The standard InChI is InChI=1S/C26H25N3O/c1-2-24-25(26(29-28-24)22-13-15-27-16-14-22)21-9-11-23(12-10-21)30-17-18-3-5-19(6-4-18)20-7-8-20/h3-6,9-16,20H,2,7-8,17H2,1H3,(H,28,29). The molecule has 4 aromatic rings. The Balaban J connectivity index is 1.33. The van der Waals surface area contributed by atoms with Crippen LogP contribution >= 0.6 is 0 Å². The molecule has 4 heteroatoms. The normalized spacial score (nSPS) is 13.4. The van der Waals surface area contributed by atoms with E-state index in [1.165, 1.54) is 24.0 Å². The minimum atomic E-state index is 0.582. The number of nitrogens with one attached hydrogen (secondary N) is 1. The largest absolute Gasteiger partial charge is 0.489 e. The Morgan fingerprint density at radius 2 is 1.63 bits per heavy atom. The first-order valence-electron chi connectivity index (χ1n) is 10.6. The van der Waals surface area contributed by atoms with Gasteiger partial charge in [0.2, 0.25) is 0 Å². The lowest BCUT2D eigenvalue weighted by Crippen LogP contribution is -1.96. The number of aromatic nitrogens is 3. The maximum Gasteiger partial charge on any atom is 0.119 e. The van der Waals surface area contributed by atoms with E-state index in [0.717, 1.165) is 46.2 Å². The predicted octanol–water partition coefficient (Wildman–Crippen LogP) is 6.16. The zero-order chi connectivity index (χ0) is 20.3. The Morgan fingerprint density at radius 3 is 2.30 bits per heavy atom. The van der Waals surface area contributed by atoms with Gasteiger partial charge in [-0.05, 0) is 66.1 Å². The SMILES string of the molecule is CCc1[nH]nc(-c2ccncc2)c1-c1ccc(OCc2ccc(C3CC3)cc2)cc1. The van der Waals surface area contributed by atoms with Gasteiger partial charge < -0.3 is 4.74 Å². The highest BCUT2D eigenvalue weighted by Crippen LogP contribution is 2.40. The number of pyridine rings is 1. The number of aromatic amines is 1. The van der Waals surface area contributed by atoms with Crippen LogP contribution in [0.1, 0.15) is 42.5 Å². The Kier molecular flexibility index (Phi) is 5.06. The molecule has 0 spiro atoms. The molecule has 1 fully saturated rings. The number of ether oxygens (including phenoxy) is 1. The molecule has 2 aromatic heterocycles. The van der Waals surface area contributed by atoms with E-state index in [-0.39, 0.29) is 0 Å². The summed E-state index contributed by atoms with van der Waals surface area (Å²) in [5, 5.41) is 7.77. The van der Waals surface area contributed by atoms with Gasteiger partial charge in [0.1, 0.15) is 18.1 Å². The van der Waals surface area contributed by atoms with Crippen LogP contribution in [0.15, 0.2) is 73.1 Å². The molecule has 1 saturated carbocycles. The minimum absolute atomic E-state index is 0.582. The summed E-state index contributed by atoms with van der Waals surface area (Å²) in [6.45, 7) is 2.72. The van der Waals surface area contributed by atoms with Gasteiger partial charge in [0.15, 0.2) is 0 Å². The van der Waals surface area contributed by atoms with Gasteiger partial charge in [-0.3, -0.25) is 10.1 Å². The molecule has 0 unspecified atom stereocenters. The molecule has 4 nitrogen and oxygen atoms in total. The fraction of sp³-hybridized carbons (Fsp3) is 0.231. The summed E-state index contributed by atoms with van der Waals surface area (Å²) in [6, 6.07) is 21.1. The Hall–Kier alpha value is -3.40. The van der Waals surface area contributed by atoms with Crippen molar-refractivity contribution >= 4 is 0 Å². The summed E-state index contributed by atoms with van der Waals surface area (Å²) < 4.78 is 6.02. The second kappa shape index (κ2) is 8.15. The van der Waals surface area contributed by atoms with Gasteiger partial charge in [0.25, 0.3) is 0 Å². The van der Waals surface area contributed by atoms with Crippen LogP contribution in [0.5, 0.6) is 5.75 Å². The molecule has 0 radical (unpaired) electrons. The molecule has 1 aliphatic carbocycles. The van der Waals surface area contributed by atoms with E-state index in [9.17, 15) is 0 Å². The van der Waals surface area contributed by atoms with Crippen molar-refractivity contribution in [1.82, 2.24) is 15.2 Å². The highest BCUT2D eigenvalue weighted by molar-refractivity contribution is 5.82. The van der Waals surface area contributed by atoms with Crippen LogP contribution in [0.2, 0.25) is 0 Å². The molecule has 2 heterocycles. The quantitative estimate of drug-likeness (QED) is 0.408. The molecule has 0 aliphatic heterocycles. The molecular formula is C26H25N3O. The van der Waals surface area contributed by atoms with Crippen molar-refractivity contribution in [2.45, 2.75) is 38.7 Å². The van der Waals surface area contributed by atoms with Crippen LogP contribution in [0.25, 0.3) is 22.4 Å². The maximum atomic E-state index is 6.02. The van der Waals surface area contributed by atoms with Crippen molar-refractivity contribution in [3.63, 3.8) is 0 Å². The van der Waals surface area contributed by atoms with Crippen LogP contribution in [-0.2, 0) is 13.0 Å². The lowest BCUT2D eigenvalue weighted by atomic mass is 9.98. The van der Waals surface area contributed by atoms with Crippen LogP contribution < -0.4 is 4.74 Å². The molecule has 5 rings (SSSR count). The van der Waals surface area contributed by atoms with Gasteiger partial charge in [0.05, 0.1) is 0 Å². The third-order valence-electron chi connectivity index (χ3n) is 5.73. The molecule has 1 N–H and O–H groups in total.